The fraction of sp³-hybridized carbons (Fsp3) is 0.947. The monoisotopic (exact) mass is 594 g/mol. The highest BCUT2D eigenvalue weighted by molar-refractivity contribution is 5.88. The fourth-order valence-corrected chi connectivity index (χ4v) is 5.89. The number of carbonyl (C=O) groups excluding carboxylic acids is 2. The van der Waals surface area contributed by atoms with Gasteiger partial charge in [-0.1, -0.05) is 194 Å². The van der Waals surface area contributed by atoms with E-state index in [9.17, 15) is 9.59 Å². The molecule has 1 atom stereocenters. The number of unbranched alkanes of at least 4 members (excludes halogenated alkanes) is 28. The minimum Gasteiger partial charge on any atom is -0.437 e. The summed E-state index contributed by atoms with van der Waals surface area (Å²) in [6, 6.07) is 0. The molecule has 0 aliphatic heterocycles. The predicted molar refractivity (Wildman–Crippen MR) is 183 cm³/mol. The predicted octanol–water partition coefficient (Wildman–Crippen LogP) is 12.3. The van der Waals surface area contributed by atoms with Crippen LogP contribution in [-0.2, 0) is 14.3 Å². The highest BCUT2D eigenvalue weighted by Gasteiger charge is 2.31. The van der Waals surface area contributed by atoms with Gasteiger partial charge in [0, 0.05) is 12.8 Å². The van der Waals surface area contributed by atoms with E-state index in [1.54, 1.807) is 6.92 Å². The third kappa shape index (κ3) is 29.2. The molecular formula is C38H75NO3. The van der Waals surface area contributed by atoms with Gasteiger partial charge < -0.3 is 4.74 Å². The van der Waals surface area contributed by atoms with Crippen LogP contribution in [0.1, 0.15) is 226 Å². The topological polar surface area (TPSA) is 69.4 Å². The van der Waals surface area contributed by atoms with E-state index in [4.69, 9.17) is 10.5 Å². The Bertz CT molecular complexity index is 589. The Hall–Kier alpha value is -0.900. The largest absolute Gasteiger partial charge is 0.437 e. The molecule has 2 N–H and O–H groups in total. The van der Waals surface area contributed by atoms with Crippen LogP contribution in [0.5, 0.6) is 0 Å². The van der Waals surface area contributed by atoms with Gasteiger partial charge in [0.05, 0.1) is 0 Å². The lowest BCUT2D eigenvalue weighted by atomic mass is 10.0. The van der Waals surface area contributed by atoms with Crippen LogP contribution in [0.2, 0.25) is 0 Å². The van der Waals surface area contributed by atoms with Gasteiger partial charge >= 0.3 is 5.97 Å². The number of ether oxygens (including phenoxy) is 1. The van der Waals surface area contributed by atoms with Gasteiger partial charge in [-0.2, -0.15) is 0 Å². The maximum Gasteiger partial charge on any atom is 0.307 e. The molecule has 0 radical (unpaired) electrons. The standard InChI is InChI=1S/C38H75NO3/c1-4-6-8-10-12-14-16-18-20-22-24-26-28-30-32-34-36(40)38(3,39)42-37(41)35-33-31-29-27-25-23-21-19-17-15-13-11-9-7-5-2/h4-35,39H2,1-3H3. The molecule has 0 amide bonds. The van der Waals surface area contributed by atoms with Crippen LogP contribution in [-0.4, -0.2) is 17.5 Å². The lowest BCUT2D eigenvalue weighted by molar-refractivity contribution is -0.165. The number of carbonyl (C=O) groups is 2. The fourth-order valence-electron chi connectivity index (χ4n) is 5.89. The van der Waals surface area contributed by atoms with Gasteiger partial charge in [0.25, 0.3) is 0 Å². The smallest absolute Gasteiger partial charge is 0.307 e. The number of hydrogen-bond acceptors (Lipinski definition) is 4. The molecule has 0 saturated carbocycles. The van der Waals surface area contributed by atoms with Crippen molar-refractivity contribution in [3.63, 3.8) is 0 Å². The zero-order chi connectivity index (χ0) is 31.0. The van der Waals surface area contributed by atoms with Gasteiger partial charge in [-0.25, -0.2) is 0 Å². The molecule has 0 spiro atoms. The number of ketones is 1. The summed E-state index contributed by atoms with van der Waals surface area (Å²) in [6.45, 7) is 6.10. The zero-order valence-corrected chi connectivity index (χ0v) is 28.9. The second-order valence-electron chi connectivity index (χ2n) is 13.4. The van der Waals surface area contributed by atoms with Gasteiger partial charge in [0.15, 0.2) is 5.78 Å². The van der Waals surface area contributed by atoms with Crippen LogP contribution in [0, 0.1) is 0 Å². The summed E-state index contributed by atoms with van der Waals surface area (Å²) >= 11 is 0. The minimum absolute atomic E-state index is 0.151. The van der Waals surface area contributed by atoms with Crippen molar-refractivity contribution in [3.8, 4) is 0 Å². The molecule has 250 valence electrons. The van der Waals surface area contributed by atoms with Crippen molar-refractivity contribution in [1.82, 2.24) is 0 Å². The van der Waals surface area contributed by atoms with Crippen molar-refractivity contribution in [3.05, 3.63) is 0 Å². The summed E-state index contributed by atoms with van der Waals surface area (Å²) in [4.78, 5) is 24.8. The van der Waals surface area contributed by atoms with E-state index in [0.29, 0.717) is 12.8 Å². The van der Waals surface area contributed by atoms with Crippen LogP contribution >= 0.6 is 0 Å². The van der Waals surface area contributed by atoms with Crippen molar-refractivity contribution >= 4 is 11.8 Å². The normalized spacial score (nSPS) is 12.9. The van der Waals surface area contributed by atoms with Crippen molar-refractivity contribution in [1.29, 1.82) is 0 Å². The molecule has 0 bridgehead atoms. The van der Waals surface area contributed by atoms with Crippen LogP contribution < -0.4 is 5.73 Å². The first-order valence-electron chi connectivity index (χ1n) is 19.0. The molecule has 0 rings (SSSR count). The lowest BCUT2D eigenvalue weighted by Gasteiger charge is -2.23. The van der Waals surface area contributed by atoms with Gasteiger partial charge in [-0.3, -0.25) is 15.3 Å². The number of Topliss-reactive ketones (excluding diaryl/α,β-unsaturated/α-hetero) is 1. The molecule has 0 heterocycles. The summed E-state index contributed by atoms with van der Waals surface area (Å²) in [7, 11) is 0. The molecule has 1 unspecified atom stereocenters. The third-order valence-corrected chi connectivity index (χ3v) is 8.87. The van der Waals surface area contributed by atoms with E-state index in [1.807, 2.05) is 0 Å². The van der Waals surface area contributed by atoms with E-state index < -0.39 is 5.72 Å². The minimum atomic E-state index is -1.48. The molecule has 42 heavy (non-hydrogen) atoms. The Labute approximate surface area is 263 Å². The maximum absolute atomic E-state index is 12.5. The molecule has 4 nitrogen and oxygen atoms in total. The van der Waals surface area contributed by atoms with Gasteiger partial charge in [-0.05, 0) is 19.8 Å². The molecule has 0 aromatic heterocycles. The zero-order valence-electron chi connectivity index (χ0n) is 28.9. The van der Waals surface area contributed by atoms with Gasteiger partial charge in [0.2, 0.25) is 5.72 Å². The second-order valence-corrected chi connectivity index (χ2v) is 13.4. The molecular weight excluding hydrogens is 518 g/mol. The summed E-state index contributed by atoms with van der Waals surface area (Å²) in [5, 5.41) is 0. The van der Waals surface area contributed by atoms with Crippen molar-refractivity contribution < 1.29 is 14.3 Å². The quantitative estimate of drug-likeness (QED) is 0.0457. The van der Waals surface area contributed by atoms with Crippen LogP contribution in [0.4, 0.5) is 0 Å². The van der Waals surface area contributed by atoms with E-state index in [0.717, 1.165) is 25.7 Å². The molecule has 0 saturated heterocycles. The average Bonchev–Trinajstić information content (AvgIpc) is 2.96. The van der Waals surface area contributed by atoms with E-state index in [2.05, 4.69) is 13.8 Å². The summed E-state index contributed by atoms with van der Waals surface area (Å²) in [6.07, 6.45) is 39.7. The Balaban J connectivity index is 3.53. The van der Waals surface area contributed by atoms with Crippen molar-refractivity contribution in [2.75, 3.05) is 0 Å². The highest BCUT2D eigenvalue weighted by Crippen LogP contribution is 2.17. The summed E-state index contributed by atoms with van der Waals surface area (Å²) < 4.78 is 5.38. The Morgan fingerprint density at radius 1 is 0.429 bits per heavy atom. The SMILES string of the molecule is CCCCCCCCCCCCCCCCCC(=O)OC(C)(N)C(=O)CCCCCCCCCCCCCCCCC. The van der Waals surface area contributed by atoms with Gasteiger partial charge in [-0.15, -0.1) is 0 Å². The van der Waals surface area contributed by atoms with Crippen molar-refractivity contribution in [2.45, 2.75) is 232 Å². The molecule has 0 aliphatic rings. The molecule has 0 aromatic carbocycles. The number of nitrogens with two attached hydrogens (primary N) is 1. The molecule has 0 aromatic rings. The molecule has 0 fully saturated rings. The summed E-state index contributed by atoms with van der Waals surface area (Å²) in [5.74, 6) is -0.485. The lowest BCUT2D eigenvalue weighted by Crippen LogP contribution is -2.48. The molecule has 4 heteroatoms. The average molecular weight is 594 g/mol. The first-order valence-corrected chi connectivity index (χ1v) is 19.0. The van der Waals surface area contributed by atoms with Crippen LogP contribution in [0.3, 0.4) is 0 Å². The Morgan fingerprint density at radius 3 is 0.952 bits per heavy atom. The Morgan fingerprint density at radius 2 is 0.667 bits per heavy atom. The highest BCUT2D eigenvalue weighted by atomic mass is 16.6. The maximum atomic E-state index is 12.5. The van der Waals surface area contributed by atoms with Gasteiger partial charge in [0.1, 0.15) is 0 Å². The van der Waals surface area contributed by atoms with E-state index >= 15 is 0 Å². The summed E-state index contributed by atoms with van der Waals surface area (Å²) in [5.41, 5.74) is 4.60. The first kappa shape index (κ1) is 41.1. The van der Waals surface area contributed by atoms with E-state index in [-0.39, 0.29) is 11.8 Å². The van der Waals surface area contributed by atoms with Crippen molar-refractivity contribution in [2.24, 2.45) is 5.73 Å². The number of hydrogen-bond donors (Lipinski definition) is 1. The van der Waals surface area contributed by atoms with Crippen LogP contribution in [0.25, 0.3) is 0 Å². The third-order valence-electron chi connectivity index (χ3n) is 8.87. The number of rotatable bonds is 34. The first-order chi connectivity index (χ1) is 20.4. The van der Waals surface area contributed by atoms with E-state index in [1.165, 1.54) is 167 Å². The number of esters is 1. The Kier molecular flexibility index (Phi) is 30.8. The van der Waals surface area contributed by atoms with Crippen LogP contribution in [0.15, 0.2) is 0 Å². The molecule has 0 aliphatic carbocycles. The second kappa shape index (κ2) is 31.5.